The highest BCUT2D eigenvalue weighted by Crippen LogP contribution is 2.36. The van der Waals surface area contributed by atoms with Gasteiger partial charge in [0.05, 0.1) is 16.4 Å². The van der Waals surface area contributed by atoms with Crippen LogP contribution < -0.4 is 15.2 Å². The number of nitrogens with zero attached hydrogens (tertiary/aromatic N) is 2. The first kappa shape index (κ1) is 26.8. The Morgan fingerprint density at radius 1 is 1.21 bits per heavy atom. The van der Waals surface area contributed by atoms with Gasteiger partial charge < -0.3 is 15.0 Å². The molecule has 0 fully saturated rings. The molecule has 184 valence electrons. The molecule has 0 bridgehead atoms. The Labute approximate surface area is 216 Å². The Bertz CT molecular complexity index is 1250. The summed E-state index contributed by atoms with van der Waals surface area (Å²) in [5, 5.41) is 1.05. The zero-order valence-corrected chi connectivity index (χ0v) is 21.7. The van der Waals surface area contributed by atoms with Crippen LogP contribution in [0.15, 0.2) is 53.9 Å². The molecule has 0 radical (unpaired) electrons. The molecule has 4 rings (SSSR count). The molecule has 1 aliphatic rings. The number of benzene rings is 2. The molecular formula is C23H27Cl3N4O3S. The van der Waals surface area contributed by atoms with Crippen molar-refractivity contribution in [1.29, 1.82) is 0 Å². The lowest BCUT2D eigenvalue weighted by atomic mass is 9.76. The Morgan fingerprint density at radius 2 is 2.00 bits per heavy atom. The topological polar surface area (TPSA) is 99.2 Å². The van der Waals surface area contributed by atoms with Crippen LogP contribution >= 0.6 is 35.6 Å². The molecule has 2 unspecified atom stereocenters. The number of nitrogens with two attached hydrogens (primary N) is 1. The van der Waals surface area contributed by atoms with E-state index in [0.29, 0.717) is 15.8 Å². The van der Waals surface area contributed by atoms with Gasteiger partial charge in [-0.1, -0.05) is 35.3 Å². The summed E-state index contributed by atoms with van der Waals surface area (Å²) < 4.78 is 34.5. The molecule has 0 saturated carbocycles. The zero-order valence-electron chi connectivity index (χ0n) is 18.6. The molecule has 1 aliphatic carbocycles. The lowest BCUT2D eigenvalue weighted by molar-refractivity contribution is 0.321. The third-order valence-electron chi connectivity index (χ3n) is 5.84. The van der Waals surface area contributed by atoms with Crippen LogP contribution in [0.4, 0.5) is 0 Å². The van der Waals surface area contributed by atoms with E-state index in [1.807, 2.05) is 24.3 Å². The zero-order chi connectivity index (χ0) is 23.6. The van der Waals surface area contributed by atoms with Gasteiger partial charge in [-0.25, -0.2) is 18.1 Å². The fourth-order valence-electron chi connectivity index (χ4n) is 4.12. The summed E-state index contributed by atoms with van der Waals surface area (Å²) in [6, 6.07) is 11.7. The fourth-order valence-corrected chi connectivity index (χ4v) is 5.43. The quantitative estimate of drug-likeness (QED) is 0.415. The standard InChI is InChI=1S/C23H26Cl2N4O3S.ClH/c1-29-13-23(27-14-29)33(30,31)28-8-9-32-17-5-3-16-4-7-22(26)19(18(16)12-17)10-15-2-6-20(24)21(25)11-15;/h2-3,5-6,11-14,19,22,28H,4,7-10,26H2,1H3;1H. The van der Waals surface area contributed by atoms with Gasteiger partial charge in [0.15, 0.2) is 5.03 Å². The highest BCUT2D eigenvalue weighted by molar-refractivity contribution is 7.89. The number of fused-ring (bicyclic) bond motifs is 1. The maximum Gasteiger partial charge on any atom is 0.259 e. The van der Waals surface area contributed by atoms with Crippen LogP contribution in [0.5, 0.6) is 5.75 Å². The number of hydrogen-bond donors (Lipinski definition) is 2. The van der Waals surface area contributed by atoms with Gasteiger partial charge in [0, 0.05) is 31.7 Å². The van der Waals surface area contributed by atoms with E-state index in [0.717, 1.165) is 30.4 Å². The smallest absolute Gasteiger partial charge is 0.259 e. The lowest BCUT2D eigenvalue weighted by Gasteiger charge is -2.32. The van der Waals surface area contributed by atoms with E-state index >= 15 is 0 Å². The van der Waals surface area contributed by atoms with Gasteiger partial charge >= 0.3 is 0 Å². The van der Waals surface area contributed by atoms with Gasteiger partial charge in [-0.05, 0) is 60.2 Å². The van der Waals surface area contributed by atoms with Crippen molar-refractivity contribution in [2.24, 2.45) is 12.8 Å². The van der Waals surface area contributed by atoms with Crippen LogP contribution in [-0.2, 0) is 29.9 Å². The number of hydrogen-bond acceptors (Lipinski definition) is 5. The van der Waals surface area contributed by atoms with Gasteiger partial charge in [0.2, 0.25) is 0 Å². The number of imidazole rings is 1. The lowest BCUT2D eigenvalue weighted by Crippen LogP contribution is -2.34. The highest BCUT2D eigenvalue weighted by atomic mass is 35.5. The van der Waals surface area contributed by atoms with Crippen LogP contribution in [-0.4, -0.2) is 37.2 Å². The number of ether oxygens (including phenoxy) is 1. The van der Waals surface area contributed by atoms with Crippen molar-refractivity contribution >= 4 is 45.6 Å². The second kappa shape index (κ2) is 11.3. The van der Waals surface area contributed by atoms with Crippen molar-refractivity contribution in [2.75, 3.05) is 13.2 Å². The Kier molecular flexibility index (Phi) is 8.89. The van der Waals surface area contributed by atoms with Gasteiger partial charge in [-0.2, -0.15) is 0 Å². The molecule has 3 aromatic rings. The molecule has 7 nitrogen and oxygen atoms in total. The van der Waals surface area contributed by atoms with Gasteiger partial charge in [0.1, 0.15) is 12.4 Å². The van der Waals surface area contributed by atoms with E-state index in [1.54, 1.807) is 17.7 Å². The first-order valence-electron chi connectivity index (χ1n) is 10.7. The number of nitrogens with one attached hydrogen (secondary N) is 1. The molecule has 0 aliphatic heterocycles. The number of rotatable bonds is 8. The molecule has 0 spiro atoms. The molecular weight excluding hydrogens is 519 g/mol. The third-order valence-corrected chi connectivity index (χ3v) is 7.92. The van der Waals surface area contributed by atoms with Gasteiger partial charge in [-0.15, -0.1) is 12.4 Å². The average Bonchev–Trinajstić information content (AvgIpc) is 3.23. The monoisotopic (exact) mass is 544 g/mol. The summed E-state index contributed by atoms with van der Waals surface area (Å²) in [6.07, 6.45) is 5.46. The van der Waals surface area contributed by atoms with E-state index in [4.69, 9.17) is 33.7 Å². The highest BCUT2D eigenvalue weighted by Gasteiger charge is 2.28. The summed E-state index contributed by atoms with van der Waals surface area (Å²) in [5.74, 6) is 0.802. The number of aryl methyl sites for hydroxylation is 2. The van der Waals surface area contributed by atoms with E-state index in [1.165, 1.54) is 18.1 Å². The summed E-state index contributed by atoms with van der Waals surface area (Å²) in [4.78, 5) is 3.88. The predicted molar refractivity (Wildman–Crippen MR) is 137 cm³/mol. The molecule has 0 saturated heterocycles. The Morgan fingerprint density at radius 3 is 2.71 bits per heavy atom. The first-order valence-corrected chi connectivity index (χ1v) is 12.9. The molecule has 0 amide bonds. The van der Waals surface area contributed by atoms with Crippen molar-refractivity contribution in [1.82, 2.24) is 14.3 Å². The molecule has 2 atom stereocenters. The number of halogens is 3. The molecule has 3 N–H and O–H groups in total. The number of sulfonamides is 1. The minimum Gasteiger partial charge on any atom is -0.492 e. The van der Waals surface area contributed by atoms with Crippen LogP contribution in [0.3, 0.4) is 0 Å². The molecule has 2 aromatic carbocycles. The third kappa shape index (κ3) is 6.24. The summed E-state index contributed by atoms with van der Waals surface area (Å²) in [6.45, 7) is 0.316. The number of aromatic nitrogens is 2. The average molecular weight is 546 g/mol. The minimum atomic E-state index is -3.66. The normalized spacial score (nSPS) is 17.6. The Hall–Kier alpha value is -1.81. The molecule has 1 heterocycles. The van der Waals surface area contributed by atoms with E-state index in [-0.39, 0.29) is 42.5 Å². The summed E-state index contributed by atoms with van der Waals surface area (Å²) in [7, 11) is -1.95. The van der Waals surface area contributed by atoms with Gasteiger partial charge in [0.25, 0.3) is 10.0 Å². The molecule has 1 aromatic heterocycles. The Balaban J connectivity index is 0.00000324. The maximum absolute atomic E-state index is 12.3. The van der Waals surface area contributed by atoms with Crippen molar-refractivity contribution in [3.05, 3.63) is 75.7 Å². The van der Waals surface area contributed by atoms with E-state index < -0.39 is 10.0 Å². The summed E-state index contributed by atoms with van der Waals surface area (Å²) in [5.41, 5.74) is 9.99. The second-order valence-electron chi connectivity index (χ2n) is 8.25. The maximum atomic E-state index is 12.3. The molecule has 11 heteroatoms. The minimum absolute atomic E-state index is 0. The second-order valence-corrected chi connectivity index (χ2v) is 10.8. The van der Waals surface area contributed by atoms with Gasteiger partial charge in [-0.3, -0.25) is 0 Å². The van der Waals surface area contributed by atoms with Crippen molar-refractivity contribution in [2.45, 2.75) is 36.2 Å². The largest absolute Gasteiger partial charge is 0.492 e. The van der Waals surface area contributed by atoms with Crippen molar-refractivity contribution in [3.63, 3.8) is 0 Å². The first-order chi connectivity index (χ1) is 15.7. The van der Waals surface area contributed by atoms with E-state index in [9.17, 15) is 8.42 Å². The van der Waals surface area contributed by atoms with Crippen molar-refractivity contribution in [3.8, 4) is 5.75 Å². The van der Waals surface area contributed by atoms with E-state index in [2.05, 4.69) is 15.8 Å². The van der Waals surface area contributed by atoms with Crippen LogP contribution in [0.1, 0.15) is 29.0 Å². The fraction of sp³-hybridized carbons (Fsp3) is 0.348. The predicted octanol–water partition coefficient (Wildman–Crippen LogP) is 4.11. The van der Waals surface area contributed by atoms with Crippen LogP contribution in [0.25, 0.3) is 0 Å². The van der Waals surface area contributed by atoms with Crippen LogP contribution in [0.2, 0.25) is 10.0 Å². The van der Waals surface area contributed by atoms with Crippen LogP contribution in [0, 0.1) is 0 Å². The molecule has 34 heavy (non-hydrogen) atoms. The SMILES string of the molecule is Cl.Cn1cnc(S(=O)(=O)NCCOc2ccc3c(c2)C(Cc2ccc(Cl)c(Cl)c2)C(N)CC3)c1. The van der Waals surface area contributed by atoms with Crippen molar-refractivity contribution < 1.29 is 13.2 Å². The summed E-state index contributed by atoms with van der Waals surface area (Å²) >= 11 is 12.3.